The Kier molecular flexibility index (Phi) is 6.37. The van der Waals surface area contributed by atoms with Gasteiger partial charge in [0.15, 0.2) is 0 Å². The van der Waals surface area contributed by atoms with E-state index in [1.165, 1.54) is 0 Å². The molecule has 1 aromatic heterocycles. The molecule has 140 valence electrons. The number of fused-ring (bicyclic) bond motifs is 1. The van der Waals surface area contributed by atoms with E-state index in [2.05, 4.69) is 44.2 Å². The van der Waals surface area contributed by atoms with E-state index < -0.39 is 0 Å². The summed E-state index contributed by atoms with van der Waals surface area (Å²) >= 11 is 9.82. The Bertz CT molecular complexity index is 792. The third-order valence-electron chi connectivity index (χ3n) is 4.97. The summed E-state index contributed by atoms with van der Waals surface area (Å²) in [5.74, 6) is 1.64. The number of anilines is 1. The van der Waals surface area contributed by atoms with Crippen molar-refractivity contribution in [3.63, 3.8) is 0 Å². The fourth-order valence-electron chi connectivity index (χ4n) is 3.45. The standard InChI is InChI=1S/C19H24BrClN4O/c1-22-18(26)12-25-7-5-13(6-8-25)11-24(2)17-4-3-14-9-15(20)10-16(21)19(14)23-17/h3-4,9-10,13H,5-8,11-12H2,1-2H3,(H,22,26). The molecule has 0 spiro atoms. The number of hydrogen-bond acceptors (Lipinski definition) is 4. The van der Waals surface area contributed by atoms with Crippen LogP contribution in [-0.4, -0.2) is 56.1 Å². The number of likely N-dealkylation sites (tertiary alicyclic amines) is 1. The quantitative estimate of drug-likeness (QED) is 0.774. The van der Waals surface area contributed by atoms with Gasteiger partial charge in [0.25, 0.3) is 0 Å². The van der Waals surface area contributed by atoms with Gasteiger partial charge in [0.05, 0.1) is 17.1 Å². The number of piperidine rings is 1. The number of amides is 1. The van der Waals surface area contributed by atoms with E-state index in [-0.39, 0.29) is 5.91 Å². The Morgan fingerprint density at radius 2 is 2.12 bits per heavy atom. The minimum atomic E-state index is 0.0875. The molecule has 2 heterocycles. The molecule has 1 aliphatic rings. The molecule has 0 saturated carbocycles. The van der Waals surface area contributed by atoms with Crippen LogP contribution in [0.15, 0.2) is 28.7 Å². The third kappa shape index (κ3) is 4.67. The predicted molar refractivity (Wildman–Crippen MR) is 111 cm³/mol. The second-order valence-electron chi connectivity index (χ2n) is 6.90. The van der Waals surface area contributed by atoms with Crippen molar-refractivity contribution in [1.82, 2.24) is 15.2 Å². The van der Waals surface area contributed by atoms with E-state index >= 15 is 0 Å². The largest absolute Gasteiger partial charge is 0.359 e. The molecule has 26 heavy (non-hydrogen) atoms. The first-order valence-corrected chi connectivity index (χ1v) is 10.0. The molecule has 7 heteroatoms. The van der Waals surface area contributed by atoms with Gasteiger partial charge in [-0.05, 0) is 56.1 Å². The van der Waals surface area contributed by atoms with Gasteiger partial charge in [-0.1, -0.05) is 27.5 Å². The van der Waals surface area contributed by atoms with Gasteiger partial charge in [0, 0.05) is 30.5 Å². The summed E-state index contributed by atoms with van der Waals surface area (Å²) < 4.78 is 0.960. The van der Waals surface area contributed by atoms with Gasteiger partial charge in [0.2, 0.25) is 5.91 Å². The average molecular weight is 440 g/mol. The lowest BCUT2D eigenvalue weighted by atomic mass is 9.96. The summed E-state index contributed by atoms with van der Waals surface area (Å²) in [4.78, 5) is 20.7. The van der Waals surface area contributed by atoms with Crippen LogP contribution < -0.4 is 10.2 Å². The van der Waals surface area contributed by atoms with Crippen molar-refractivity contribution in [3.05, 3.63) is 33.8 Å². The van der Waals surface area contributed by atoms with Gasteiger partial charge in [0.1, 0.15) is 5.82 Å². The Labute approximate surface area is 167 Å². The summed E-state index contributed by atoms with van der Waals surface area (Å²) in [5.41, 5.74) is 0.833. The predicted octanol–water partition coefficient (Wildman–Crippen LogP) is 3.54. The van der Waals surface area contributed by atoms with E-state index in [0.717, 1.165) is 53.7 Å². The summed E-state index contributed by atoms with van der Waals surface area (Å²) in [5, 5.41) is 4.38. The molecule has 3 rings (SSSR count). The third-order valence-corrected chi connectivity index (χ3v) is 5.72. The number of halogens is 2. The fraction of sp³-hybridized carbons (Fsp3) is 0.474. The lowest BCUT2D eigenvalue weighted by Crippen LogP contribution is -2.42. The SMILES string of the molecule is CNC(=O)CN1CCC(CN(C)c2ccc3cc(Br)cc(Cl)c3n2)CC1. The van der Waals surface area contributed by atoms with Gasteiger partial charge in [-0.15, -0.1) is 0 Å². The lowest BCUT2D eigenvalue weighted by molar-refractivity contribution is -0.122. The van der Waals surface area contributed by atoms with E-state index in [1.54, 1.807) is 7.05 Å². The van der Waals surface area contributed by atoms with Crippen LogP contribution in [0.5, 0.6) is 0 Å². The molecule has 0 aliphatic carbocycles. The number of carbonyl (C=O) groups excluding carboxylic acids is 1. The number of likely N-dealkylation sites (N-methyl/N-ethyl adjacent to an activating group) is 1. The molecule has 1 fully saturated rings. The molecule has 5 nitrogen and oxygen atoms in total. The second kappa shape index (κ2) is 8.55. The number of nitrogens with zero attached hydrogens (tertiary/aromatic N) is 3. The van der Waals surface area contributed by atoms with E-state index in [4.69, 9.17) is 16.6 Å². The first kappa shape index (κ1) is 19.4. The minimum Gasteiger partial charge on any atom is -0.359 e. The molecular weight excluding hydrogens is 416 g/mol. The Hall–Kier alpha value is -1.37. The molecular formula is C19H24BrClN4O. The van der Waals surface area contributed by atoms with Crippen LogP contribution in [-0.2, 0) is 4.79 Å². The highest BCUT2D eigenvalue weighted by Crippen LogP contribution is 2.29. The zero-order chi connectivity index (χ0) is 18.7. The molecule has 1 aliphatic heterocycles. The molecule has 0 atom stereocenters. The fourth-order valence-corrected chi connectivity index (χ4v) is 4.33. The molecule has 1 saturated heterocycles. The van der Waals surface area contributed by atoms with Crippen LogP contribution >= 0.6 is 27.5 Å². The maximum absolute atomic E-state index is 11.5. The van der Waals surface area contributed by atoms with Crippen LogP contribution in [0.3, 0.4) is 0 Å². The summed E-state index contributed by atoms with van der Waals surface area (Å²) in [6.45, 7) is 3.40. The lowest BCUT2D eigenvalue weighted by Gasteiger charge is -2.33. The summed E-state index contributed by atoms with van der Waals surface area (Å²) in [6, 6.07) is 8.02. The van der Waals surface area contributed by atoms with Crippen molar-refractivity contribution in [2.24, 2.45) is 5.92 Å². The Morgan fingerprint density at radius 1 is 1.38 bits per heavy atom. The summed E-state index contributed by atoms with van der Waals surface area (Å²) in [6.07, 6.45) is 2.20. The highest BCUT2D eigenvalue weighted by molar-refractivity contribution is 9.10. The number of aromatic nitrogens is 1. The van der Waals surface area contributed by atoms with Gasteiger partial charge < -0.3 is 10.2 Å². The number of pyridine rings is 1. The maximum Gasteiger partial charge on any atom is 0.233 e. The number of carbonyl (C=O) groups is 1. The number of benzene rings is 1. The number of rotatable bonds is 5. The zero-order valence-corrected chi connectivity index (χ0v) is 17.5. The molecule has 0 radical (unpaired) electrons. The van der Waals surface area contributed by atoms with Gasteiger partial charge in [-0.3, -0.25) is 9.69 Å². The summed E-state index contributed by atoms with van der Waals surface area (Å²) in [7, 11) is 3.77. The Balaban J connectivity index is 1.61. The van der Waals surface area contributed by atoms with Crippen LogP contribution in [0.2, 0.25) is 5.02 Å². The average Bonchev–Trinajstić information content (AvgIpc) is 2.62. The Morgan fingerprint density at radius 3 is 2.81 bits per heavy atom. The van der Waals surface area contributed by atoms with Crippen LogP contribution in [0, 0.1) is 5.92 Å². The highest BCUT2D eigenvalue weighted by atomic mass is 79.9. The number of nitrogens with one attached hydrogen (secondary N) is 1. The highest BCUT2D eigenvalue weighted by Gasteiger charge is 2.22. The van der Waals surface area contributed by atoms with Crippen LogP contribution in [0.25, 0.3) is 10.9 Å². The van der Waals surface area contributed by atoms with Crippen molar-refractivity contribution in [2.45, 2.75) is 12.8 Å². The first-order valence-electron chi connectivity index (χ1n) is 8.86. The van der Waals surface area contributed by atoms with E-state index in [1.807, 2.05) is 18.2 Å². The van der Waals surface area contributed by atoms with E-state index in [9.17, 15) is 4.79 Å². The van der Waals surface area contributed by atoms with E-state index in [0.29, 0.717) is 17.5 Å². The van der Waals surface area contributed by atoms with Gasteiger partial charge >= 0.3 is 0 Å². The minimum absolute atomic E-state index is 0.0875. The van der Waals surface area contributed by atoms with Crippen molar-refractivity contribution >= 4 is 50.2 Å². The molecule has 1 aromatic carbocycles. The molecule has 1 N–H and O–H groups in total. The molecule has 0 unspecified atom stereocenters. The first-order chi connectivity index (χ1) is 12.5. The van der Waals surface area contributed by atoms with Gasteiger partial charge in [-0.2, -0.15) is 0 Å². The van der Waals surface area contributed by atoms with Gasteiger partial charge in [-0.25, -0.2) is 4.98 Å². The van der Waals surface area contributed by atoms with Crippen molar-refractivity contribution in [2.75, 3.05) is 45.2 Å². The normalized spacial score (nSPS) is 16.0. The maximum atomic E-state index is 11.5. The molecule has 0 bridgehead atoms. The molecule has 1 amide bonds. The van der Waals surface area contributed by atoms with Crippen LogP contribution in [0.1, 0.15) is 12.8 Å². The number of hydrogen-bond donors (Lipinski definition) is 1. The second-order valence-corrected chi connectivity index (χ2v) is 8.22. The van der Waals surface area contributed by atoms with Crippen molar-refractivity contribution in [3.8, 4) is 0 Å². The molecule has 2 aromatic rings. The zero-order valence-electron chi connectivity index (χ0n) is 15.1. The topological polar surface area (TPSA) is 48.5 Å². The van der Waals surface area contributed by atoms with Crippen LogP contribution in [0.4, 0.5) is 5.82 Å². The van der Waals surface area contributed by atoms with Crippen molar-refractivity contribution in [1.29, 1.82) is 0 Å². The van der Waals surface area contributed by atoms with Crippen molar-refractivity contribution < 1.29 is 4.79 Å². The monoisotopic (exact) mass is 438 g/mol. The smallest absolute Gasteiger partial charge is 0.233 e.